The molecular formula is C17H12N2O4. The molecule has 2 aromatic carbocycles. The molecule has 0 aliphatic heterocycles. The zero-order valence-corrected chi connectivity index (χ0v) is 11.9. The van der Waals surface area contributed by atoms with Gasteiger partial charge in [0.2, 0.25) is 0 Å². The van der Waals surface area contributed by atoms with Gasteiger partial charge < -0.3 is 14.8 Å². The molecule has 3 aromatic rings. The van der Waals surface area contributed by atoms with Crippen LogP contribution in [-0.2, 0) is 0 Å². The molecule has 0 saturated heterocycles. The summed E-state index contributed by atoms with van der Waals surface area (Å²) < 4.78 is 5.03. The van der Waals surface area contributed by atoms with Crippen molar-refractivity contribution >= 4 is 17.7 Å². The molecule has 0 aliphatic carbocycles. The zero-order chi connectivity index (χ0) is 16.2. The third-order valence-corrected chi connectivity index (χ3v) is 3.13. The van der Waals surface area contributed by atoms with Crippen LogP contribution in [0.3, 0.4) is 0 Å². The second kappa shape index (κ2) is 6.15. The van der Waals surface area contributed by atoms with Crippen molar-refractivity contribution in [2.24, 2.45) is 0 Å². The number of aromatic carboxylic acids is 1. The Kier molecular flexibility index (Phi) is 3.88. The number of anilines is 2. The van der Waals surface area contributed by atoms with E-state index in [1.807, 2.05) is 30.3 Å². The number of carbonyl (C=O) groups is 1. The van der Waals surface area contributed by atoms with Gasteiger partial charge in [0.05, 0.1) is 17.3 Å². The molecule has 114 valence electrons. The molecule has 0 aliphatic rings. The second-order valence-electron chi connectivity index (χ2n) is 4.74. The molecule has 0 unspecified atom stereocenters. The lowest BCUT2D eigenvalue weighted by Crippen LogP contribution is -2.04. The molecule has 0 amide bonds. The van der Waals surface area contributed by atoms with Crippen molar-refractivity contribution in [2.75, 3.05) is 5.32 Å². The standard InChI is InChI=1S/C17H12N2O4/c20-15-10-14(11-4-2-1-3-5-11)19-17(23-15)18-13-8-6-12(7-9-13)16(21)22/h1-10H,(H,18,19)(H,21,22). The lowest BCUT2D eigenvalue weighted by molar-refractivity contribution is 0.0697. The van der Waals surface area contributed by atoms with Gasteiger partial charge >= 0.3 is 17.6 Å². The fourth-order valence-corrected chi connectivity index (χ4v) is 2.03. The van der Waals surface area contributed by atoms with Gasteiger partial charge in [0.15, 0.2) is 0 Å². The number of carboxylic acid groups (broad SMARTS) is 1. The molecule has 1 heterocycles. The molecule has 0 fully saturated rings. The maximum Gasteiger partial charge on any atom is 0.340 e. The van der Waals surface area contributed by atoms with Gasteiger partial charge in [0, 0.05) is 11.3 Å². The average molecular weight is 308 g/mol. The molecule has 0 saturated carbocycles. The first-order valence-electron chi connectivity index (χ1n) is 6.80. The Morgan fingerprint density at radius 2 is 1.74 bits per heavy atom. The predicted molar refractivity (Wildman–Crippen MR) is 84.9 cm³/mol. The Hall–Kier alpha value is -3.41. The Balaban J connectivity index is 1.90. The number of aromatic nitrogens is 1. The van der Waals surface area contributed by atoms with Gasteiger partial charge in [0.1, 0.15) is 0 Å². The van der Waals surface area contributed by atoms with Crippen LogP contribution >= 0.6 is 0 Å². The minimum Gasteiger partial charge on any atom is -0.478 e. The van der Waals surface area contributed by atoms with Crippen LogP contribution < -0.4 is 10.9 Å². The topological polar surface area (TPSA) is 92.4 Å². The highest BCUT2D eigenvalue weighted by Crippen LogP contribution is 2.19. The first kappa shape index (κ1) is 14.5. The first-order valence-corrected chi connectivity index (χ1v) is 6.80. The fourth-order valence-electron chi connectivity index (χ4n) is 2.03. The van der Waals surface area contributed by atoms with Gasteiger partial charge in [-0.3, -0.25) is 0 Å². The highest BCUT2D eigenvalue weighted by Gasteiger charge is 2.07. The number of nitrogens with zero attached hydrogens (tertiary/aromatic N) is 1. The van der Waals surface area contributed by atoms with Crippen LogP contribution in [0.15, 0.2) is 69.9 Å². The fraction of sp³-hybridized carbons (Fsp3) is 0. The van der Waals surface area contributed by atoms with Gasteiger partial charge in [0.25, 0.3) is 0 Å². The third-order valence-electron chi connectivity index (χ3n) is 3.13. The maximum atomic E-state index is 11.7. The van der Waals surface area contributed by atoms with Crippen molar-refractivity contribution in [3.8, 4) is 11.3 Å². The molecule has 0 atom stereocenters. The smallest absolute Gasteiger partial charge is 0.340 e. The van der Waals surface area contributed by atoms with Crippen molar-refractivity contribution < 1.29 is 14.3 Å². The molecule has 23 heavy (non-hydrogen) atoms. The number of carboxylic acids is 1. The monoisotopic (exact) mass is 308 g/mol. The highest BCUT2D eigenvalue weighted by molar-refractivity contribution is 5.88. The van der Waals surface area contributed by atoms with E-state index in [-0.39, 0.29) is 11.6 Å². The van der Waals surface area contributed by atoms with Gasteiger partial charge in [-0.1, -0.05) is 30.3 Å². The van der Waals surface area contributed by atoms with Crippen LogP contribution in [-0.4, -0.2) is 16.1 Å². The summed E-state index contributed by atoms with van der Waals surface area (Å²) >= 11 is 0. The van der Waals surface area contributed by atoms with Gasteiger partial charge in [-0.05, 0) is 24.3 Å². The lowest BCUT2D eigenvalue weighted by atomic mass is 10.1. The summed E-state index contributed by atoms with van der Waals surface area (Å²) in [6.07, 6.45) is 0. The highest BCUT2D eigenvalue weighted by atomic mass is 16.4. The van der Waals surface area contributed by atoms with E-state index >= 15 is 0 Å². The van der Waals surface area contributed by atoms with Gasteiger partial charge in [-0.2, -0.15) is 4.98 Å². The largest absolute Gasteiger partial charge is 0.478 e. The van der Waals surface area contributed by atoms with Crippen LogP contribution in [0, 0.1) is 0 Å². The van der Waals surface area contributed by atoms with E-state index in [1.165, 1.54) is 18.2 Å². The van der Waals surface area contributed by atoms with Crippen molar-refractivity contribution in [3.05, 3.63) is 76.6 Å². The van der Waals surface area contributed by atoms with Crippen LogP contribution in [0.4, 0.5) is 11.7 Å². The molecule has 0 radical (unpaired) electrons. The summed E-state index contributed by atoms with van der Waals surface area (Å²) in [5.41, 5.74) is 1.50. The summed E-state index contributed by atoms with van der Waals surface area (Å²) in [4.78, 5) is 26.8. The number of benzene rings is 2. The predicted octanol–water partition coefficient (Wildman–Crippen LogP) is 3.14. The summed E-state index contributed by atoms with van der Waals surface area (Å²) in [5.74, 6) is -1.01. The van der Waals surface area contributed by atoms with E-state index in [2.05, 4.69) is 10.3 Å². The third kappa shape index (κ3) is 3.44. The van der Waals surface area contributed by atoms with E-state index < -0.39 is 11.6 Å². The summed E-state index contributed by atoms with van der Waals surface area (Å²) in [5, 5.41) is 11.7. The number of hydrogen-bond acceptors (Lipinski definition) is 5. The molecule has 2 N–H and O–H groups in total. The van der Waals surface area contributed by atoms with Crippen LogP contribution in [0.2, 0.25) is 0 Å². The zero-order valence-electron chi connectivity index (χ0n) is 11.9. The van der Waals surface area contributed by atoms with Gasteiger partial charge in [-0.25, -0.2) is 9.59 Å². The Morgan fingerprint density at radius 1 is 1.04 bits per heavy atom. The van der Waals surface area contributed by atoms with E-state index in [4.69, 9.17) is 9.52 Å². The van der Waals surface area contributed by atoms with E-state index in [0.717, 1.165) is 5.56 Å². The molecule has 6 nitrogen and oxygen atoms in total. The Bertz CT molecular complexity index is 886. The Morgan fingerprint density at radius 3 is 2.39 bits per heavy atom. The Labute approximate surface area is 131 Å². The first-order chi connectivity index (χ1) is 11.1. The minimum absolute atomic E-state index is 0.0411. The molecule has 6 heteroatoms. The van der Waals surface area contributed by atoms with E-state index in [9.17, 15) is 9.59 Å². The van der Waals surface area contributed by atoms with E-state index in [0.29, 0.717) is 11.4 Å². The lowest BCUT2D eigenvalue weighted by Gasteiger charge is -2.06. The van der Waals surface area contributed by atoms with Crippen LogP contribution in [0.25, 0.3) is 11.3 Å². The van der Waals surface area contributed by atoms with Crippen LogP contribution in [0.5, 0.6) is 0 Å². The van der Waals surface area contributed by atoms with Gasteiger partial charge in [-0.15, -0.1) is 0 Å². The average Bonchev–Trinajstić information content (AvgIpc) is 2.55. The normalized spacial score (nSPS) is 10.3. The molecule has 0 bridgehead atoms. The summed E-state index contributed by atoms with van der Waals surface area (Å²) in [6.45, 7) is 0. The molecule has 0 spiro atoms. The SMILES string of the molecule is O=C(O)c1ccc(Nc2nc(-c3ccccc3)cc(=O)o2)cc1. The number of nitrogens with one attached hydrogen (secondary N) is 1. The summed E-state index contributed by atoms with van der Waals surface area (Å²) in [6, 6.07) is 16.6. The molecule has 3 rings (SSSR count). The van der Waals surface area contributed by atoms with Crippen molar-refractivity contribution in [3.63, 3.8) is 0 Å². The number of rotatable bonds is 4. The van der Waals surface area contributed by atoms with E-state index in [1.54, 1.807) is 12.1 Å². The maximum absolute atomic E-state index is 11.7. The summed E-state index contributed by atoms with van der Waals surface area (Å²) in [7, 11) is 0. The van der Waals surface area contributed by atoms with Crippen molar-refractivity contribution in [1.82, 2.24) is 4.98 Å². The van der Waals surface area contributed by atoms with Crippen molar-refractivity contribution in [1.29, 1.82) is 0 Å². The second-order valence-corrected chi connectivity index (χ2v) is 4.74. The van der Waals surface area contributed by atoms with Crippen molar-refractivity contribution in [2.45, 2.75) is 0 Å². The molecule has 1 aromatic heterocycles. The number of hydrogen-bond donors (Lipinski definition) is 2. The van der Waals surface area contributed by atoms with Crippen LogP contribution in [0.1, 0.15) is 10.4 Å². The quantitative estimate of drug-likeness (QED) is 0.769. The minimum atomic E-state index is -1.01. The molecular weight excluding hydrogens is 296 g/mol.